The van der Waals surface area contributed by atoms with Crippen LogP contribution in [0.15, 0.2) is 85.5 Å². The molecule has 3 heterocycles. The third kappa shape index (κ3) is 6.23. The number of ether oxygens (including phenoxy) is 1. The maximum Gasteiger partial charge on any atom is 0.413 e. The van der Waals surface area contributed by atoms with Gasteiger partial charge in [-0.05, 0) is 80.0 Å². The Morgan fingerprint density at radius 3 is 2.19 bits per heavy atom. The molecule has 0 fully saturated rings. The quantitative estimate of drug-likeness (QED) is 0.330. The summed E-state index contributed by atoms with van der Waals surface area (Å²) in [6, 6.07) is 19.4. The van der Waals surface area contributed by atoms with Crippen LogP contribution in [0.2, 0.25) is 0 Å². The van der Waals surface area contributed by atoms with Crippen LogP contribution < -0.4 is 15.5 Å². The van der Waals surface area contributed by atoms with Gasteiger partial charge in [0.05, 0.1) is 6.04 Å². The number of carbonyl (C=O) groups is 1. The zero-order valence-electron chi connectivity index (χ0n) is 20.8. The minimum Gasteiger partial charge on any atom is -0.444 e. The fourth-order valence-corrected chi connectivity index (χ4v) is 4.29. The van der Waals surface area contributed by atoms with Crippen molar-refractivity contribution in [2.24, 2.45) is 0 Å². The Morgan fingerprint density at radius 1 is 0.972 bits per heavy atom. The van der Waals surface area contributed by atoms with Gasteiger partial charge in [-0.1, -0.05) is 30.3 Å². The van der Waals surface area contributed by atoms with Crippen molar-refractivity contribution in [1.82, 2.24) is 15.0 Å². The molecule has 4 rings (SSSR count). The maximum absolute atomic E-state index is 12.4. The SMILES string of the molecule is Cc1cc(P)ccc1N(c1cccc(NC(=O)OC(C)(C)C)n1)C(c1cccnc1)c1cccnc1. The number of nitrogens with zero attached hydrogens (tertiary/aromatic N) is 4. The average Bonchev–Trinajstić information content (AvgIpc) is 2.83. The third-order valence-electron chi connectivity index (χ3n) is 5.35. The summed E-state index contributed by atoms with van der Waals surface area (Å²) in [6.07, 6.45) is 6.66. The predicted octanol–water partition coefficient (Wildman–Crippen LogP) is 5.96. The monoisotopic (exact) mass is 499 g/mol. The molecule has 184 valence electrons. The topological polar surface area (TPSA) is 80.2 Å². The predicted molar refractivity (Wildman–Crippen MR) is 147 cm³/mol. The van der Waals surface area contributed by atoms with Gasteiger partial charge in [-0.15, -0.1) is 9.24 Å². The minimum atomic E-state index is -0.615. The number of rotatable bonds is 6. The van der Waals surface area contributed by atoms with Crippen LogP contribution in [0.25, 0.3) is 0 Å². The number of aryl methyl sites for hydroxylation is 1. The van der Waals surface area contributed by atoms with E-state index in [2.05, 4.69) is 48.5 Å². The molecule has 0 saturated carbocycles. The molecule has 0 saturated heterocycles. The number of hydrogen-bond acceptors (Lipinski definition) is 6. The van der Waals surface area contributed by atoms with Crippen molar-refractivity contribution in [3.63, 3.8) is 0 Å². The molecule has 4 aromatic rings. The van der Waals surface area contributed by atoms with E-state index in [4.69, 9.17) is 9.72 Å². The molecule has 36 heavy (non-hydrogen) atoms. The van der Waals surface area contributed by atoms with Gasteiger partial charge in [0, 0.05) is 30.5 Å². The molecule has 0 aliphatic carbocycles. The standard InChI is InChI=1S/C28H30N5O2P/c1-19-16-22(36)12-13-23(19)33(25-11-5-10-24(31-25)32-27(34)35-28(2,3)4)26(20-8-6-14-29-17-20)21-9-7-15-30-18-21/h5-18,26H,36H2,1-4H3,(H,31,32,34). The van der Waals surface area contributed by atoms with Crippen LogP contribution in [-0.2, 0) is 4.74 Å². The molecule has 0 spiro atoms. The number of anilines is 3. The van der Waals surface area contributed by atoms with Gasteiger partial charge in [-0.25, -0.2) is 9.78 Å². The molecule has 1 amide bonds. The van der Waals surface area contributed by atoms with Crippen molar-refractivity contribution >= 4 is 38.0 Å². The largest absolute Gasteiger partial charge is 0.444 e. The zero-order valence-corrected chi connectivity index (χ0v) is 22.0. The lowest BCUT2D eigenvalue weighted by atomic mass is 9.98. The fourth-order valence-electron chi connectivity index (χ4n) is 3.94. The van der Waals surface area contributed by atoms with Gasteiger partial charge in [0.2, 0.25) is 0 Å². The molecule has 1 unspecified atom stereocenters. The van der Waals surface area contributed by atoms with Crippen LogP contribution in [0.5, 0.6) is 0 Å². The number of pyridine rings is 3. The molecule has 1 N–H and O–H groups in total. The van der Waals surface area contributed by atoms with Gasteiger partial charge < -0.3 is 9.64 Å². The van der Waals surface area contributed by atoms with Crippen LogP contribution in [0, 0.1) is 6.92 Å². The average molecular weight is 500 g/mol. The highest BCUT2D eigenvalue weighted by Crippen LogP contribution is 2.39. The Hall–Kier alpha value is -3.83. The Morgan fingerprint density at radius 2 is 1.64 bits per heavy atom. The second-order valence-electron chi connectivity index (χ2n) is 9.40. The van der Waals surface area contributed by atoms with Crippen molar-refractivity contribution < 1.29 is 9.53 Å². The van der Waals surface area contributed by atoms with Crippen LogP contribution in [-0.4, -0.2) is 26.6 Å². The Bertz CT molecular complexity index is 1290. The Labute approximate surface area is 214 Å². The second-order valence-corrected chi connectivity index (χ2v) is 10.1. The highest BCUT2D eigenvalue weighted by Gasteiger charge is 2.27. The first kappa shape index (κ1) is 25.3. The van der Waals surface area contributed by atoms with Gasteiger partial charge in [0.25, 0.3) is 0 Å². The van der Waals surface area contributed by atoms with Crippen LogP contribution in [0.1, 0.15) is 43.5 Å². The molecule has 0 radical (unpaired) electrons. The summed E-state index contributed by atoms with van der Waals surface area (Å²) in [7, 11) is 2.74. The highest BCUT2D eigenvalue weighted by molar-refractivity contribution is 7.27. The Balaban J connectivity index is 1.86. The number of benzene rings is 1. The van der Waals surface area contributed by atoms with E-state index in [0.717, 1.165) is 27.7 Å². The van der Waals surface area contributed by atoms with Crippen molar-refractivity contribution in [3.8, 4) is 0 Å². The lowest BCUT2D eigenvalue weighted by Gasteiger charge is -2.34. The number of carbonyl (C=O) groups excluding carboxylic acids is 1. The summed E-state index contributed by atoms with van der Waals surface area (Å²) in [5, 5.41) is 3.85. The smallest absolute Gasteiger partial charge is 0.413 e. The molecule has 7 nitrogen and oxygen atoms in total. The third-order valence-corrected chi connectivity index (χ3v) is 5.71. The van der Waals surface area contributed by atoms with Crippen molar-refractivity contribution in [2.45, 2.75) is 39.3 Å². The van der Waals surface area contributed by atoms with Gasteiger partial charge in [0.15, 0.2) is 0 Å². The molecule has 0 bridgehead atoms. The van der Waals surface area contributed by atoms with Crippen LogP contribution in [0.3, 0.4) is 0 Å². The number of hydrogen-bond donors (Lipinski definition) is 1. The van der Waals surface area contributed by atoms with Gasteiger partial charge in [-0.3, -0.25) is 15.3 Å². The first-order valence-electron chi connectivity index (χ1n) is 11.6. The van der Waals surface area contributed by atoms with E-state index < -0.39 is 11.7 Å². The van der Waals surface area contributed by atoms with Gasteiger partial charge in [-0.2, -0.15) is 0 Å². The molecule has 1 atom stereocenters. The fraction of sp³-hybridized carbons (Fsp3) is 0.214. The summed E-state index contributed by atoms with van der Waals surface area (Å²) in [6.45, 7) is 7.54. The summed E-state index contributed by atoms with van der Waals surface area (Å²) < 4.78 is 5.42. The van der Waals surface area contributed by atoms with E-state index in [1.807, 2.05) is 75.6 Å². The second kappa shape index (κ2) is 10.8. The number of amides is 1. The molecular formula is C28H30N5O2P. The molecular weight excluding hydrogens is 469 g/mol. The normalized spacial score (nSPS) is 11.3. The van der Waals surface area contributed by atoms with E-state index >= 15 is 0 Å². The van der Waals surface area contributed by atoms with Gasteiger partial charge in [0.1, 0.15) is 17.2 Å². The van der Waals surface area contributed by atoms with E-state index in [-0.39, 0.29) is 6.04 Å². The first-order chi connectivity index (χ1) is 17.2. The van der Waals surface area contributed by atoms with Crippen LogP contribution in [0.4, 0.5) is 22.1 Å². The molecule has 0 aliphatic rings. The summed E-state index contributed by atoms with van der Waals surface area (Å²) >= 11 is 0. The summed E-state index contributed by atoms with van der Waals surface area (Å²) in [5.41, 5.74) is 3.39. The Kier molecular flexibility index (Phi) is 7.61. The van der Waals surface area contributed by atoms with Crippen molar-refractivity contribution in [2.75, 3.05) is 10.2 Å². The van der Waals surface area contributed by atoms with Crippen LogP contribution >= 0.6 is 9.24 Å². The van der Waals surface area contributed by atoms with E-state index in [9.17, 15) is 4.79 Å². The molecule has 8 heteroatoms. The minimum absolute atomic E-state index is 0.272. The molecule has 0 aliphatic heterocycles. The summed E-state index contributed by atoms with van der Waals surface area (Å²) in [4.78, 5) is 28.2. The first-order valence-corrected chi connectivity index (χ1v) is 12.2. The van der Waals surface area contributed by atoms with Crippen molar-refractivity contribution in [3.05, 3.63) is 102 Å². The van der Waals surface area contributed by atoms with E-state index in [1.165, 1.54) is 0 Å². The maximum atomic E-state index is 12.4. The van der Waals surface area contributed by atoms with E-state index in [1.54, 1.807) is 18.5 Å². The number of nitrogens with one attached hydrogen (secondary N) is 1. The summed E-state index contributed by atoms with van der Waals surface area (Å²) in [5.74, 6) is 1.05. The number of aromatic nitrogens is 3. The van der Waals surface area contributed by atoms with Crippen molar-refractivity contribution in [1.29, 1.82) is 0 Å². The lowest BCUT2D eigenvalue weighted by molar-refractivity contribution is 0.0635. The zero-order chi connectivity index (χ0) is 25.7. The van der Waals surface area contributed by atoms with Gasteiger partial charge >= 0.3 is 6.09 Å². The molecule has 1 aromatic carbocycles. The lowest BCUT2D eigenvalue weighted by Crippen LogP contribution is -2.29. The van der Waals surface area contributed by atoms with E-state index in [0.29, 0.717) is 11.6 Å². The molecule has 3 aromatic heterocycles. The highest BCUT2D eigenvalue weighted by atomic mass is 31.0.